The van der Waals surface area contributed by atoms with Crippen molar-refractivity contribution in [3.63, 3.8) is 0 Å². The first-order valence-electron chi connectivity index (χ1n) is 7.75. The number of rotatable bonds is 4. The molecule has 126 valence electrons. The Morgan fingerprint density at radius 3 is 2.12 bits per heavy atom. The van der Waals surface area contributed by atoms with Crippen molar-refractivity contribution in [3.8, 4) is 0 Å². The number of esters is 1. The van der Waals surface area contributed by atoms with Crippen LogP contribution in [0.25, 0.3) is 6.08 Å². The van der Waals surface area contributed by atoms with Crippen LogP contribution in [0.2, 0.25) is 0 Å². The molecule has 2 aromatic carbocycles. The Hall–Kier alpha value is -2.20. The SMILES string of the molecule is Cc1ccc(S(=O)/C(=C/c2ccccc2)C(=O)OC(C)(C)C)cc1. The van der Waals surface area contributed by atoms with Gasteiger partial charge in [0.15, 0.2) is 0 Å². The molecule has 1 atom stereocenters. The van der Waals surface area contributed by atoms with Crippen LogP contribution in [0.5, 0.6) is 0 Å². The molecule has 0 amide bonds. The van der Waals surface area contributed by atoms with Gasteiger partial charge >= 0.3 is 5.97 Å². The molecule has 0 saturated heterocycles. The van der Waals surface area contributed by atoms with Gasteiger partial charge in [-0.25, -0.2) is 9.00 Å². The van der Waals surface area contributed by atoms with E-state index in [1.54, 1.807) is 39.0 Å². The molecular formula is C20H22O3S. The summed E-state index contributed by atoms with van der Waals surface area (Å²) in [5, 5.41) is 0. The molecule has 1 unspecified atom stereocenters. The van der Waals surface area contributed by atoms with Crippen molar-refractivity contribution < 1.29 is 13.7 Å². The van der Waals surface area contributed by atoms with Gasteiger partial charge in [-0.05, 0) is 51.5 Å². The summed E-state index contributed by atoms with van der Waals surface area (Å²) in [6.45, 7) is 7.33. The van der Waals surface area contributed by atoms with E-state index in [1.807, 2.05) is 49.4 Å². The van der Waals surface area contributed by atoms with Crippen LogP contribution in [-0.2, 0) is 20.3 Å². The lowest BCUT2D eigenvalue weighted by molar-refractivity contribution is -0.148. The fourth-order valence-corrected chi connectivity index (χ4v) is 3.08. The van der Waals surface area contributed by atoms with E-state index in [0.717, 1.165) is 11.1 Å². The minimum absolute atomic E-state index is 0.139. The van der Waals surface area contributed by atoms with Crippen LogP contribution in [0.3, 0.4) is 0 Å². The third kappa shape index (κ3) is 5.17. The second-order valence-electron chi connectivity index (χ2n) is 6.50. The second kappa shape index (κ2) is 7.58. The number of hydrogen-bond donors (Lipinski definition) is 0. The van der Waals surface area contributed by atoms with Gasteiger partial charge in [-0.2, -0.15) is 0 Å². The molecule has 2 rings (SSSR count). The van der Waals surface area contributed by atoms with Crippen LogP contribution in [0.1, 0.15) is 31.9 Å². The summed E-state index contributed by atoms with van der Waals surface area (Å²) in [7, 11) is -1.61. The van der Waals surface area contributed by atoms with Crippen molar-refractivity contribution >= 4 is 22.8 Å². The molecule has 0 radical (unpaired) electrons. The number of carbonyl (C=O) groups is 1. The molecule has 0 heterocycles. The summed E-state index contributed by atoms with van der Waals surface area (Å²) in [5.74, 6) is -0.565. The highest BCUT2D eigenvalue weighted by molar-refractivity contribution is 7.90. The third-order valence-corrected chi connectivity index (χ3v) is 4.52. The number of aryl methyl sites for hydroxylation is 1. The maximum atomic E-state index is 12.9. The second-order valence-corrected chi connectivity index (χ2v) is 7.95. The van der Waals surface area contributed by atoms with E-state index < -0.39 is 22.4 Å². The van der Waals surface area contributed by atoms with Crippen molar-refractivity contribution in [2.75, 3.05) is 0 Å². The lowest BCUT2D eigenvalue weighted by Crippen LogP contribution is -2.26. The molecular weight excluding hydrogens is 320 g/mol. The van der Waals surface area contributed by atoms with Gasteiger partial charge in [0.1, 0.15) is 10.5 Å². The maximum absolute atomic E-state index is 12.9. The smallest absolute Gasteiger partial charge is 0.348 e. The van der Waals surface area contributed by atoms with Gasteiger partial charge < -0.3 is 4.74 Å². The first-order chi connectivity index (χ1) is 11.3. The Kier molecular flexibility index (Phi) is 5.73. The first kappa shape index (κ1) is 18.1. The average Bonchev–Trinajstić information content (AvgIpc) is 2.52. The standard InChI is InChI=1S/C20H22O3S/c1-15-10-12-17(13-11-15)24(22)18(19(21)23-20(2,3)4)14-16-8-6-5-7-9-16/h5-14H,1-4H3/b18-14+. The molecule has 4 heteroatoms. The van der Waals surface area contributed by atoms with E-state index >= 15 is 0 Å². The average molecular weight is 342 g/mol. The molecule has 0 aromatic heterocycles. The van der Waals surface area contributed by atoms with E-state index in [1.165, 1.54) is 0 Å². The molecule has 0 aliphatic heterocycles. The van der Waals surface area contributed by atoms with Crippen LogP contribution in [0.4, 0.5) is 0 Å². The topological polar surface area (TPSA) is 43.4 Å². The first-order valence-corrected chi connectivity index (χ1v) is 8.90. The molecule has 0 saturated carbocycles. The number of hydrogen-bond acceptors (Lipinski definition) is 3. The van der Waals surface area contributed by atoms with Crippen molar-refractivity contribution in [1.29, 1.82) is 0 Å². The lowest BCUT2D eigenvalue weighted by atomic mass is 10.2. The Morgan fingerprint density at radius 2 is 1.58 bits per heavy atom. The molecule has 0 bridgehead atoms. The third-order valence-electron chi connectivity index (χ3n) is 3.13. The predicted octanol–water partition coefficient (Wildman–Crippen LogP) is 4.49. The van der Waals surface area contributed by atoms with Crippen LogP contribution >= 0.6 is 0 Å². The highest BCUT2D eigenvalue weighted by Crippen LogP contribution is 2.22. The number of ether oxygens (including phenoxy) is 1. The summed E-state index contributed by atoms with van der Waals surface area (Å²) in [4.78, 5) is 13.3. The van der Waals surface area contributed by atoms with Gasteiger partial charge in [0.05, 0.1) is 10.8 Å². The van der Waals surface area contributed by atoms with E-state index in [2.05, 4.69) is 0 Å². The summed E-state index contributed by atoms with van der Waals surface area (Å²) >= 11 is 0. The highest BCUT2D eigenvalue weighted by atomic mass is 32.2. The van der Waals surface area contributed by atoms with E-state index in [9.17, 15) is 9.00 Å². The molecule has 0 fully saturated rings. The lowest BCUT2D eigenvalue weighted by Gasteiger charge is -2.20. The quantitative estimate of drug-likeness (QED) is 0.607. The summed E-state index contributed by atoms with van der Waals surface area (Å²) in [6.07, 6.45) is 1.63. The zero-order chi connectivity index (χ0) is 17.7. The normalized spacial score (nSPS) is 13.4. The predicted molar refractivity (Wildman–Crippen MR) is 97.9 cm³/mol. The molecule has 0 N–H and O–H groups in total. The van der Waals surface area contributed by atoms with Crippen LogP contribution in [0.15, 0.2) is 64.4 Å². The van der Waals surface area contributed by atoms with E-state index in [-0.39, 0.29) is 4.91 Å². The van der Waals surface area contributed by atoms with Crippen molar-refractivity contribution in [2.24, 2.45) is 0 Å². The monoisotopic (exact) mass is 342 g/mol. The van der Waals surface area contributed by atoms with E-state index in [4.69, 9.17) is 4.74 Å². The zero-order valence-corrected chi connectivity index (χ0v) is 15.2. The fraction of sp³-hybridized carbons (Fsp3) is 0.250. The summed E-state index contributed by atoms with van der Waals surface area (Å²) < 4.78 is 18.4. The van der Waals surface area contributed by atoms with Crippen molar-refractivity contribution in [2.45, 2.75) is 38.2 Å². The van der Waals surface area contributed by atoms with Gasteiger partial charge in [-0.15, -0.1) is 0 Å². The number of benzene rings is 2. The molecule has 0 spiro atoms. The summed E-state index contributed by atoms with van der Waals surface area (Å²) in [6, 6.07) is 16.6. The number of carbonyl (C=O) groups excluding carboxylic acids is 1. The summed E-state index contributed by atoms with van der Waals surface area (Å²) in [5.41, 5.74) is 1.23. The van der Waals surface area contributed by atoms with Crippen LogP contribution in [-0.4, -0.2) is 15.8 Å². The van der Waals surface area contributed by atoms with E-state index in [0.29, 0.717) is 4.90 Å². The molecule has 2 aromatic rings. The van der Waals surface area contributed by atoms with Crippen molar-refractivity contribution in [1.82, 2.24) is 0 Å². The fourth-order valence-electron chi connectivity index (χ4n) is 2.01. The Bertz CT molecular complexity index is 754. The van der Waals surface area contributed by atoms with Gasteiger partial charge in [0.2, 0.25) is 0 Å². The van der Waals surface area contributed by atoms with Crippen LogP contribution in [0, 0.1) is 6.92 Å². The molecule has 3 nitrogen and oxygen atoms in total. The Labute approximate surface area is 145 Å². The van der Waals surface area contributed by atoms with Gasteiger partial charge in [-0.1, -0.05) is 48.0 Å². The van der Waals surface area contributed by atoms with Gasteiger partial charge in [0.25, 0.3) is 0 Å². The Morgan fingerprint density at radius 1 is 1.00 bits per heavy atom. The largest absolute Gasteiger partial charge is 0.456 e. The van der Waals surface area contributed by atoms with Crippen LogP contribution < -0.4 is 0 Å². The molecule has 0 aliphatic carbocycles. The maximum Gasteiger partial charge on any atom is 0.348 e. The van der Waals surface area contributed by atoms with Gasteiger partial charge in [-0.3, -0.25) is 0 Å². The Balaban J connectivity index is 2.42. The molecule has 0 aliphatic rings. The zero-order valence-electron chi connectivity index (χ0n) is 14.4. The minimum Gasteiger partial charge on any atom is -0.456 e. The highest BCUT2D eigenvalue weighted by Gasteiger charge is 2.25. The van der Waals surface area contributed by atoms with Gasteiger partial charge in [0, 0.05) is 4.90 Å². The minimum atomic E-state index is -1.61. The molecule has 24 heavy (non-hydrogen) atoms. The van der Waals surface area contributed by atoms with Crippen molar-refractivity contribution in [3.05, 3.63) is 70.6 Å².